The van der Waals surface area contributed by atoms with Crippen molar-refractivity contribution in [2.75, 3.05) is 65.3 Å². The smallest absolute Gasteiger partial charge is 0.322 e. The quantitative estimate of drug-likeness (QED) is 0.593. The summed E-state index contributed by atoms with van der Waals surface area (Å²) in [5, 5.41) is 5.73. The zero-order valence-electron chi connectivity index (χ0n) is 19.2. The number of rotatable bonds is 8. The molecular formula is C23H28N4O6. The topological polar surface area (TPSA) is 101 Å². The largest absolute Gasteiger partial charge is 0.494 e. The highest BCUT2D eigenvalue weighted by atomic mass is 16.5. The molecule has 0 unspecified atom stereocenters. The third-order valence-electron chi connectivity index (χ3n) is 5.47. The molecule has 2 aromatic rings. The molecule has 2 aliphatic heterocycles. The molecule has 176 valence electrons. The summed E-state index contributed by atoms with van der Waals surface area (Å²) in [4.78, 5) is 27.8. The summed E-state index contributed by atoms with van der Waals surface area (Å²) in [6.45, 7) is 2.97. The van der Waals surface area contributed by atoms with Gasteiger partial charge in [-0.3, -0.25) is 0 Å². The number of urea groups is 2. The predicted molar refractivity (Wildman–Crippen MR) is 123 cm³/mol. The Bertz CT molecular complexity index is 931. The van der Waals surface area contributed by atoms with E-state index < -0.39 is 0 Å². The van der Waals surface area contributed by atoms with Gasteiger partial charge < -0.3 is 39.4 Å². The van der Waals surface area contributed by atoms with Crippen molar-refractivity contribution < 1.29 is 28.5 Å². The minimum absolute atomic E-state index is 0.186. The van der Waals surface area contributed by atoms with E-state index in [0.29, 0.717) is 40.8 Å². The molecule has 2 saturated heterocycles. The molecule has 2 aliphatic rings. The summed E-state index contributed by atoms with van der Waals surface area (Å²) in [6.07, 6.45) is 0.514. The van der Waals surface area contributed by atoms with E-state index in [0.717, 1.165) is 37.3 Å². The van der Waals surface area contributed by atoms with E-state index in [2.05, 4.69) is 10.6 Å². The maximum absolute atomic E-state index is 12.2. The van der Waals surface area contributed by atoms with E-state index in [9.17, 15) is 9.59 Å². The van der Waals surface area contributed by atoms with E-state index in [1.807, 2.05) is 24.3 Å². The van der Waals surface area contributed by atoms with Crippen molar-refractivity contribution in [3.63, 3.8) is 0 Å². The van der Waals surface area contributed by atoms with Gasteiger partial charge in [0, 0.05) is 26.2 Å². The Morgan fingerprint density at radius 2 is 0.970 bits per heavy atom. The molecule has 2 aromatic carbocycles. The van der Waals surface area contributed by atoms with Crippen LogP contribution in [0.1, 0.15) is 11.1 Å². The fourth-order valence-corrected chi connectivity index (χ4v) is 3.50. The number of benzene rings is 2. The molecule has 0 atom stereocenters. The maximum Gasteiger partial charge on any atom is 0.322 e. The first kappa shape index (κ1) is 22.4. The molecule has 0 aromatic heterocycles. The summed E-state index contributed by atoms with van der Waals surface area (Å²) < 4.78 is 22.1. The van der Waals surface area contributed by atoms with Gasteiger partial charge in [-0.05, 0) is 41.8 Å². The number of nitrogens with zero attached hydrogens (tertiary/aromatic N) is 2. The SMILES string of the molecule is COc1cc(Cc2cc(OC)c(NC(=O)N3CC3)c(OC)c2)cc(OC)c1NC(=O)N1CC1. The van der Waals surface area contributed by atoms with Gasteiger partial charge in [-0.1, -0.05) is 0 Å². The number of carbonyl (C=O) groups excluding carboxylic acids is 2. The van der Waals surface area contributed by atoms with Crippen LogP contribution in [0.2, 0.25) is 0 Å². The first-order valence-corrected chi connectivity index (χ1v) is 10.6. The fourth-order valence-electron chi connectivity index (χ4n) is 3.50. The number of nitrogens with one attached hydrogen (secondary N) is 2. The van der Waals surface area contributed by atoms with Gasteiger partial charge in [0.1, 0.15) is 34.4 Å². The molecule has 2 N–H and O–H groups in total. The van der Waals surface area contributed by atoms with Gasteiger partial charge >= 0.3 is 12.1 Å². The molecule has 0 spiro atoms. The summed E-state index contributed by atoms with van der Waals surface area (Å²) in [6, 6.07) is 7.05. The highest BCUT2D eigenvalue weighted by molar-refractivity contribution is 5.95. The van der Waals surface area contributed by atoms with Crippen LogP contribution in [-0.4, -0.2) is 76.5 Å². The molecule has 2 heterocycles. The summed E-state index contributed by atoms with van der Waals surface area (Å²) in [7, 11) is 6.19. The Labute approximate surface area is 192 Å². The predicted octanol–water partition coefficient (Wildman–Crippen LogP) is 3.01. The van der Waals surface area contributed by atoms with Crippen LogP contribution < -0.4 is 29.6 Å². The van der Waals surface area contributed by atoms with Crippen LogP contribution >= 0.6 is 0 Å². The molecule has 4 rings (SSSR count). The van der Waals surface area contributed by atoms with Crippen molar-refractivity contribution in [1.29, 1.82) is 0 Å². The molecule has 0 aliphatic carbocycles. The van der Waals surface area contributed by atoms with Gasteiger partial charge in [0.2, 0.25) is 0 Å². The van der Waals surface area contributed by atoms with Crippen LogP contribution in [0.3, 0.4) is 0 Å². The van der Waals surface area contributed by atoms with Gasteiger partial charge in [-0.25, -0.2) is 9.59 Å². The van der Waals surface area contributed by atoms with Crippen LogP contribution in [0.5, 0.6) is 23.0 Å². The lowest BCUT2D eigenvalue weighted by Crippen LogP contribution is -2.19. The van der Waals surface area contributed by atoms with Crippen molar-refractivity contribution in [3.8, 4) is 23.0 Å². The maximum atomic E-state index is 12.2. The monoisotopic (exact) mass is 456 g/mol. The molecule has 0 bridgehead atoms. The fraction of sp³-hybridized carbons (Fsp3) is 0.391. The average Bonchev–Trinajstić information content (AvgIpc) is 3.72. The van der Waals surface area contributed by atoms with E-state index in [1.54, 1.807) is 38.2 Å². The Morgan fingerprint density at radius 3 is 1.21 bits per heavy atom. The van der Waals surface area contributed by atoms with Crippen molar-refractivity contribution >= 4 is 23.4 Å². The molecule has 0 saturated carbocycles. The number of carbonyl (C=O) groups is 2. The van der Waals surface area contributed by atoms with Gasteiger partial charge in [0.15, 0.2) is 0 Å². The van der Waals surface area contributed by atoms with Crippen molar-refractivity contribution in [1.82, 2.24) is 9.80 Å². The highest BCUT2D eigenvalue weighted by Crippen LogP contribution is 2.40. The zero-order valence-corrected chi connectivity index (χ0v) is 19.2. The third-order valence-corrected chi connectivity index (χ3v) is 5.47. The van der Waals surface area contributed by atoms with Crippen LogP contribution in [0.4, 0.5) is 21.0 Å². The van der Waals surface area contributed by atoms with Gasteiger partial charge in [-0.15, -0.1) is 0 Å². The Balaban J connectivity index is 1.62. The highest BCUT2D eigenvalue weighted by Gasteiger charge is 2.27. The standard InChI is InChI=1S/C23H28N4O6/c1-30-16-10-14(11-17(31-2)20(16)24-22(28)26-5-6-26)9-15-12-18(32-3)21(19(13-15)33-4)25-23(29)27-7-8-27/h10-13H,5-9H2,1-4H3,(H,24,28)(H,25,29). The van der Waals surface area contributed by atoms with Gasteiger partial charge in [-0.2, -0.15) is 0 Å². The lowest BCUT2D eigenvalue weighted by atomic mass is 10.0. The minimum atomic E-state index is -0.186. The molecular weight excluding hydrogens is 428 g/mol. The van der Waals surface area contributed by atoms with Crippen molar-refractivity contribution in [2.45, 2.75) is 6.42 Å². The summed E-state index contributed by atoms with van der Waals surface area (Å²) in [5.41, 5.74) is 2.78. The zero-order chi connectivity index (χ0) is 23.5. The van der Waals surface area contributed by atoms with Crippen molar-refractivity contribution in [3.05, 3.63) is 35.4 Å². The van der Waals surface area contributed by atoms with Gasteiger partial charge in [0.25, 0.3) is 0 Å². The number of ether oxygens (including phenoxy) is 4. The second-order valence-corrected chi connectivity index (χ2v) is 7.76. The Hall–Kier alpha value is -3.82. The second kappa shape index (κ2) is 9.35. The molecule has 0 radical (unpaired) electrons. The van der Waals surface area contributed by atoms with Crippen LogP contribution in [0, 0.1) is 0 Å². The lowest BCUT2D eigenvalue weighted by Gasteiger charge is -2.18. The first-order chi connectivity index (χ1) is 16.0. The van der Waals surface area contributed by atoms with E-state index in [-0.39, 0.29) is 12.1 Å². The van der Waals surface area contributed by atoms with Crippen LogP contribution in [0.25, 0.3) is 0 Å². The molecule has 4 amide bonds. The lowest BCUT2D eigenvalue weighted by molar-refractivity contribution is 0.241. The minimum Gasteiger partial charge on any atom is -0.494 e. The second-order valence-electron chi connectivity index (χ2n) is 7.76. The molecule has 2 fully saturated rings. The number of methoxy groups -OCH3 is 4. The first-order valence-electron chi connectivity index (χ1n) is 10.6. The molecule has 10 heteroatoms. The number of anilines is 2. The van der Waals surface area contributed by atoms with Gasteiger partial charge in [0.05, 0.1) is 28.4 Å². The van der Waals surface area contributed by atoms with E-state index in [1.165, 1.54) is 0 Å². The van der Waals surface area contributed by atoms with E-state index in [4.69, 9.17) is 18.9 Å². The normalized spacial score (nSPS) is 13.8. The number of amides is 4. The Kier molecular flexibility index (Phi) is 6.34. The molecule has 10 nitrogen and oxygen atoms in total. The summed E-state index contributed by atoms with van der Waals surface area (Å²) >= 11 is 0. The summed E-state index contributed by atoms with van der Waals surface area (Å²) in [5.74, 6) is 2.00. The average molecular weight is 456 g/mol. The van der Waals surface area contributed by atoms with Crippen LogP contribution in [0.15, 0.2) is 24.3 Å². The number of hydrogen-bond acceptors (Lipinski definition) is 6. The van der Waals surface area contributed by atoms with Crippen LogP contribution in [-0.2, 0) is 6.42 Å². The molecule has 33 heavy (non-hydrogen) atoms. The third kappa shape index (κ3) is 5.00. The van der Waals surface area contributed by atoms with Crippen molar-refractivity contribution in [2.24, 2.45) is 0 Å². The van der Waals surface area contributed by atoms with E-state index >= 15 is 0 Å². The number of hydrogen-bond donors (Lipinski definition) is 2. The Morgan fingerprint density at radius 1 is 0.667 bits per heavy atom.